The van der Waals surface area contributed by atoms with Gasteiger partial charge in [-0.15, -0.1) is 5.69 Å². The van der Waals surface area contributed by atoms with Gasteiger partial charge >= 0.3 is 18.9 Å². The van der Waals surface area contributed by atoms with Crippen LogP contribution in [0.15, 0.2) is 33.7 Å². The number of hydrogen-bond donors (Lipinski definition) is 1. The van der Waals surface area contributed by atoms with Crippen molar-refractivity contribution in [3.63, 3.8) is 0 Å². The summed E-state index contributed by atoms with van der Waals surface area (Å²) in [7, 11) is -3.71. The van der Waals surface area contributed by atoms with Crippen molar-refractivity contribution in [2.45, 2.75) is 18.7 Å². The van der Waals surface area contributed by atoms with Gasteiger partial charge in [-0.1, -0.05) is 17.3 Å². The van der Waals surface area contributed by atoms with Gasteiger partial charge < -0.3 is 10.3 Å². The molecule has 8 heteroatoms. The van der Waals surface area contributed by atoms with Crippen LogP contribution in [-0.4, -0.2) is 13.6 Å². The Kier molecular flexibility index (Phi) is 4.69. The van der Waals surface area contributed by atoms with Crippen LogP contribution in [-0.2, 0) is 10.0 Å². The van der Waals surface area contributed by atoms with Crippen LogP contribution in [0.25, 0.3) is 5.73 Å². The number of hydrogen-bond acceptors (Lipinski definition) is 4. The molecule has 0 fully saturated rings. The van der Waals surface area contributed by atoms with Crippen LogP contribution >= 0.6 is 0 Å². The van der Waals surface area contributed by atoms with Gasteiger partial charge in [0.05, 0.1) is 10.6 Å². The number of aryl methyl sites for hydroxylation is 1. The summed E-state index contributed by atoms with van der Waals surface area (Å²) in [6, 6.07) is 5.55. The number of sulfonamides is 1. The molecule has 0 aliphatic rings. The summed E-state index contributed by atoms with van der Waals surface area (Å²) >= 11 is 0. The van der Waals surface area contributed by atoms with Crippen molar-refractivity contribution >= 4 is 21.6 Å². The van der Waals surface area contributed by atoms with Crippen molar-refractivity contribution in [1.29, 1.82) is 0 Å². The van der Waals surface area contributed by atoms with Crippen molar-refractivity contribution < 1.29 is 31.8 Å². The molecule has 1 heterocycles. The Morgan fingerprint density at radius 3 is 2.26 bits per heavy atom. The zero-order chi connectivity index (χ0) is 13.3. The number of benzene rings is 1. The van der Waals surface area contributed by atoms with Crippen molar-refractivity contribution in [3.8, 4) is 0 Å². The zero-order valence-corrected chi connectivity index (χ0v) is 11.7. The van der Waals surface area contributed by atoms with Crippen molar-refractivity contribution in [3.05, 3.63) is 41.3 Å². The molecule has 0 amide bonds. The van der Waals surface area contributed by atoms with E-state index in [0.717, 1.165) is 0 Å². The third-order valence-electron chi connectivity index (χ3n) is 2.55. The first-order chi connectivity index (χ1) is 8.40. The third-order valence-corrected chi connectivity index (χ3v) is 3.90. The van der Waals surface area contributed by atoms with E-state index in [-0.39, 0.29) is 35.3 Å². The molecule has 19 heavy (non-hydrogen) atoms. The van der Waals surface area contributed by atoms with Crippen LogP contribution in [0.3, 0.4) is 0 Å². The first-order valence-corrected chi connectivity index (χ1v) is 6.66. The number of nitrogens with one attached hydrogen (secondary N) is 2. The van der Waals surface area contributed by atoms with E-state index in [1.807, 2.05) is 0 Å². The Labute approximate surface area is 123 Å². The molecule has 6 nitrogen and oxygen atoms in total. The van der Waals surface area contributed by atoms with E-state index in [1.54, 1.807) is 13.8 Å². The average Bonchev–Trinajstić information content (AvgIpc) is 2.61. The minimum Gasteiger partial charge on any atom is -0.699 e. The number of nitrogens with zero attached hydrogens (tertiary/aromatic N) is 1. The van der Waals surface area contributed by atoms with Gasteiger partial charge in [0.2, 0.25) is 5.88 Å². The van der Waals surface area contributed by atoms with Crippen LogP contribution in [0.4, 0.5) is 11.6 Å². The second-order valence-corrected chi connectivity index (χ2v) is 5.53. The van der Waals surface area contributed by atoms with Gasteiger partial charge in [-0.2, -0.15) is 0 Å². The maximum absolute atomic E-state index is 12.0. The molecule has 0 saturated carbocycles. The van der Waals surface area contributed by atoms with Gasteiger partial charge in [0.1, 0.15) is 0 Å². The summed E-state index contributed by atoms with van der Waals surface area (Å²) in [4.78, 5) is 0.0759. The molecule has 0 spiro atoms. The maximum atomic E-state index is 12.0. The molecule has 2 rings (SSSR count). The molecule has 0 bridgehead atoms. The summed E-state index contributed by atoms with van der Waals surface area (Å²) < 4.78 is 31.3. The second kappa shape index (κ2) is 5.69. The van der Waals surface area contributed by atoms with Gasteiger partial charge in [0.25, 0.3) is 10.0 Å². The molecular formula is C11H12LiN3O3S. The Hall–Kier alpha value is -1.42. The normalized spacial score (nSPS) is 10.8. The minimum atomic E-state index is -3.71. The van der Waals surface area contributed by atoms with E-state index in [1.165, 1.54) is 24.3 Å². The fourth-order valence-corrected chi connectivity index (χ4v) is 2.37. The van der Waals surface area contributed by atoms with Crippen LogP contribution in [0.1, 0.15) is 11.3 Å². The molecule has 0 aliphatic heterocycles. The van der Waals surface area contributed by atoms with Gasteiger partial charge in [-0.05, 0) is 26.0 Å². The van der Waals surface area contributed by atoms with E-state index in [0.29, 0.717) is 11.3 Å². The van der Waals surface area contributed by atoms with Crippen LogP contribution in [0.2, 0.25) is 0 Å². The molecule has 2 aromatic rings. The van der Waals surface area contributed by atoms with Gasteiger partial charge in [0.15, 0.2) is 0 Å². The van der Waals surface area contributed by atoms with Crippen molar-refractivity contribution in [2.24, 2.45) is 0 Å². The summed E-state index contributed by atoms with van der Waals surface area (Å²) in [5.41, 5.74) is 8.84. The molecular weight excluding hydrogens is 261 g/mol. The quantitative estimate of drug-likeness (QED) is 0.782. The molecule has 0 atom stereocenters. The van der Waals surface area contributed by atoms with E-state index in [9.17, 15) is 8.42 Å². The summed E-state index contributed by atoms with van der Waals surface area (Å²) in [6.45, 7) is 3.45. The summed E-state index contributed by atoms with van der Waals surface area (Å²) in [5.74, 6) is 0.113. The molecule has 1 aromatic heterocycles. The van der Waals surface area contributed by atoms with E-state index in [4.69, 9.17) is 10.3 Å². The number of rotatable bonds is 3. The van der Waals surface area contributed by atoms with Crippen LogP contribution in [0.5, 0.6) is 0 Å². The fraction of sp³-hybridized carbons (Fsp3) is 0.182. The van der Waals surface area contributed by atoms with Gasteiger partial charge in [-0.3, -0.25) is 0 Å². The Morgan fingerprint density at radius 2 is 1.79 bits per heavy atom. The average molecular weight is 273 g/mol. The zero-order valence-electron chi connectivity index (χ0n) is 10.9. The van der Waals surface area contributed by atoms with Crippen LogP contribution < -0.4 is 23.6 Å². The van der Waals surface area contributed by atoms with Crippen molar-refractivity contribution in [1.82, 2.24) is 5.16 Å². The predicted molar refractivity (Wildman–Crippen MR) is 67.2 cm³/mol. The van der Waals surface area contributed by atoms with E-state index < -0.39 is 10.0 Å². The molecule has 2 N–H and O–H groups in total. The molecule has 0 saturated heterocycles. The third kappa shape index (κ3) is 3.32. The largest absolute Gasteiger partial charge is 1.00 e. The van der Waals surface area contributed by atoms with Gasteiger partial charge in [-0.25, -0.2) is 13.1 Å². The number of aromatic nitrogens is 1. The van der Waals surface area contributed by atoms with E-state index >= 15 is 0 Å². The molecule has 96 valence electrons. The minimum absolute atomic E-state index is 0. The van der Waals surface area contributed by atoms with Gasteiger partial charge in [0, 0.05) is 5.56 Å². The molecule has 0 radical (unpaired) electrons. The Balaban J connectivity index is 0.00000180. The SMILES string of the molecule is Cc1noc(NS(=O)(=O)c2ccc([NH-])cc2)c1C.[Li+]. The second-order valence-electron chi connectivity index (χ2n) is 3.85. The Bertz CT molecular complexity index is 665. The number of anilines is 1. The van der Waals surface area contributed by atoms with Crippen LogP contribution in [0, 0.1) is 13.8 Å². The smallest absolute Gasteiger partial charge is 0.699 e. The molecule has 0 aliphatic carbocycles. The predicted octanol–water partition coefficient (Wildman–Crippen LogP) is -0.220. The van der Waals surface area contributed by atoms with Crippen molar-refractivity contribution in [2.75, 3.05) is 4.72 Å². The maximum Gasteiger partial charge on any atom is 1.00 e. The Morgan fingerprint density at radius 1 is 1.21 bits per heavy atom. The summed E-state index contributed by atoms with van der Waals surface area (Å²) in [6.07, 6.45) is 0. The first kappa shape index (κ1) is 15.6. The molecule has 0 unspecified atom stereocenters. The summed E-state index contributed by atoms with van der Waals surface area (Å²) in [5, 5.41) is 3.68. The van der Waals surface area contributed by atoms with E-state index in [2.05, 4.69) is 9.88 Å². The molecule has 1 aromatic carbocycles. The first-order valence-electron chi connectivity index (χ1n) is 5.17. The standard InChI is InChI=1S/C11H12N3O3S.Li/c1-7-8(2)13-17-11(7)14-18(15,16)10-5-3-9(12)4-6-10;/h3-6,12,14H,1-2H3;/q-1;+1. The monoisotopic (exact) mass is 273 g/mol. The fourth-order valence-electron chi connectivity index (χ4n) is 1.33. The topological polar surface area (TPSA) is 96.0 Å².